The van der Waals surface area contributed by atoms with E-state index in [0.717, 1.165) is 0 Å². The number of hydrogen-bond donors (Lipinski definition) is 0. The molecule has 33 aromatic carbocycles. The molecular weight excluding hydrogens is 841 g/mol. The third-order valence-corrected chi connectivity index (χ3v) is 26.7. The van der Waals surface area contributed by atoms with Gasteiger partial charge in [-0.2, -0.15) is 0 Å². The van der Waals surface area contributed by atoms with E-state index < -0.39 is 0 Å². The molecule has 33 aromatic rings. The van der Waals surface area contributed by atoms with Crippen molar-refractivity contribution in [2.45, 2.75) is 11.8 Å². The van der Waals surface area contributed by atoms with E-state index in [2.05, 4.69) is 0 Å². The first-order valence-electron chi connectivity index (χ1n) is 26.5. The van der Waals surface area contributed by atoms with Crippen LogP contribution in [-0.4, -0.2) is 0 Å². The SMILES string of the molecule is c12c3c4c5c6c7c8c9c%10c(c%11c1c1c%12c3c3c4c4c6c6c%13c7c7c9c9c%10c%10c%11c%11c1c1c%14c%12c%12c3c3c4c6c4c6c%13c7c7c9c9c%10c%10c%11c1c1c%11c%14c%12c%12c3c4c3c4c6c7c6c9c%10c1c(c64)c%11c%123)C2C58. The maximum atomic E-state index is 1.79. The molecule has 0 nitrogen and oxygen atoms in total. The summed E-state index contributed by atoms with van der Waals surface area (Å²) in [6.07, 6.45) is 0. The summed E-state index contributed by atoms with van der Waals surface area (Å²) < 4.78 is 0. The van der Waals surface area contributed by atoms with Gasteiger partial charge in [0.1, 0.15) is 0 Å². The van der Waals surface area contributed by atoms with Crippen LogP contribution in [0.5, 0.6) is 0 Å². The van der Waals surface area contributed by atoms with Crippen LogP contribution < -0.4 is 0 Å². The summed E-state index contributed by atoms with van der Waals surface area (Å²) in [5.41, 5.74) is 7.15. The molecule has 0 heterocycles. The quantitative estimate of drug-likeness (QED) is 0.105. The van der Waals surface area contributed by atoms with Gasteiger partial charge < -0.3 is 0 Å². The van der Waals surface area contributed by atoms with E-state index in [0.29, 0.717) is 11.8 Å². The summed E-state index contributed by atoms with van der Waals surface area (Å²) in [6.45, 7) is 0. The van der Waals surface area contributed by atoms with Gasteiger partial charge in [0.05, 0.1) is 0 Å². The van der Waals surface area contributed by atoms with Gasteiger partial charge in [-0.15, -0.1) is 0 Å². The van der Waals surface area contributed by atoms with Crippen molar-refractivity contribution in [1.29, 1.82) is 0 Å². The average Bonchev–Trinajstić information content (AvgIpc) is 4.39. The van der Waals surface area contributed by atoms with Crippen LogP contribution in [0.15, 0.2) is 0 Å². The van der Waals surface area contributed by atoms with Crippen molar-refractivity contribution < 1.29 is 0 Å². The maximum Gasteiger partial charge on any atom is 0.0225 e. The molecule has 0 atom stereocenters. The largest absolute Gasteiger partial charge is 0.0225 e. The monoisotopic (exact) mass is 842 g/mol. The van der Waals surface area contributed by atoms with Crippen molar-refractivity contribution in [2.75, 3.05) is 0 Å². The maximum absolute atomic E-state index is 1.79. The Morgan fingerprint density at radius 3 is 0.200 bits per heavy atom. The second-order valence-corrected chi connectivity index (χ2v) is 26.6. The van der Waals surface area contributed by atoms with Gasteiger partial charge in [0.15, 0.2) is 0 Å². The van der Waals surface area contributed by atoms with Crippen LogP contribution in [0.4, 0.5) is 0 Å². The molecule has 0 fully saturated rings. The van der Waals surface area contributed by atoms with E-state index in [1.54, 1.807) is 367 Å². The molecule has 70 heavy (non-hydrogen) atoms. The van der Waals surface area contributed by atoms with Gasteiger partial charge in [-0.1, -0.05) is 0 Å². The summed E-state index contributed by atoms with van der Waals surface area (Å²) in [4.78, 5) is 0. The van der Waals surface area contributed by atoms with Gasteiger partial charge in [-0.25, -0.2) is 0 Å². The zero-order valence-corrected chi connectivity index (χ0v) is 35.2. The first-order valence-corrected chi connectivity index (χ1v) is 26.5. The van der Waals surface area contributed by atoms with Crippen LogP contribution in [0.1, 0.15) is 34.1 Å². The zero-order chi connectivity index (χ0) is 40.4. The normalized spacial score (nSPS) is 20.6. The fraction of sp³-hybridized carbons (Fsp3) is 0.0286. The second kappa shape index (κ2) is 5.20. The minimum Gasteiger partial charge on any atom is -0.0224 e. The highest BCUT2D eigenvalue weighted by Gasteiger charge is 2.57. The lowest BCUT2D eigenvalue weighted by Gasteiger charge is -2.34. The molecule has 0 aromatic heterocycles. The number of benzene rings is 23. The highest BCUT2D eigenvalue weighted by Crippen LogP contribution is 2.83. The Kier molecular flexibility index (Phi) is 1.78. The van der Waals surface area contributed by atoms with E-state index in [1.165, 1.54) is 0 Å². The predicted molar refractivity (Wildman–Crippen MR) is 299 cm³/mol. The molecule has 0 spiro atoms. The first kappa shape index (κ1) is 23.9. The Balaban J connectivity index is 1.25. The van der Waals surface area contributed by atoms with E-state index in [4.69, 9.17) is 0 Å². The van der Waals surface area contributed by atoms with Crippen molar-refractivity contribution in [2.24, 2.45) is 0 Å². The molecule has 0 radical (unpaired) electrons. The van der Waals surface area contributed by atoms with Crippen molar-refractivity contribution >= 4 is 345 Å². The molecule has 0 N–H and O–H groups in total. The molecule has 0 saturated carbocycles. The molecule has 4 aliphatic carbocycles. The number of rotatable bonds is 0. The van der Waals surface area contributed by atoms with E-state index >= 15 is 0 Å². The molecule has 0 saturated heterocycles. The standard InChI is InChI=1S/C70H2/c1-2-22-5-6-24-13-14-26-11-9-23-4-3(21(1)51-52(22)54(24)55(26)53(23)51)33-31(1)61-35-7-8-27-15-16-29-19-20-30-18-17-28-12-10(25(7)56-57(27)59(29)60(30)58(28)56)37(35)63(33)65-36(4)40(9)67(44(17)42(12)65)69-46(11)47(14)70(50(20)49(18)69)68-43(13)39(6)66(45(16)48(19)68)64-34(5)32(2)62(61)38(8)41(15)64/h21,51H. The van der Waals surface area contributed by atoms with E-state index in [-0.39, 0.29) is 0 Å². The summed E-state index contributed by atoms with van der Waals surface area (Å²) in [5, 5.41) is 108. The topological polar surface area (TPSA) is 0 Å². The van der Waals surface area contributed by atoms with Gasteiger partial charge in [-0.3, -0.25) is 0 Å². The third kappa shape index (κ3) is 1.18. The fourth-order valence-corrected chi connectivity index (χ4v) is 26.9. The summed E-state index contributed by atoms with van der Waals surface area (Å²) >= 11 is 0. The second-order valence-electron chi connectivity index (χ2n) is 26.6. The van der Waals surface area contributed by atoms with Crippen LogP contribution in [-0.2, 0) is 0 Å². The molecule has 0 bridgehead atoms. The summed E-state index contributed by atoms with van der Waals surface area (Å²) in [7, 11) is 0. The smallest absolute Gasteiger partial charge is 0.0224 e. The van der Waals surface area contributed by atoms with Gasteiger partial charge in [0.25, 0.3) is 0 Å². The van der Waals surface area contributed by atoms with Crippen LogP contribution in [0.25, 0.3) is 345 Å². The van der Waals surface area contributed by atoms with E-state index in [9.17, 15) is 0 Å². The van der Waals surface area contributed by atoms with Gasteiger partial charge in [-0.05, 0) is 367 Å². The third-order valence-electron chi connectivity index (χ3n) is 26.7. The molecular formula is C70H2. The Morgan fingerprint density at radius 1 is 0.0714 bits per heavy atom. The fourth-order valence-electron chi connectivity index (χ4n) is 26.9. The Bertz CT molecular complexity index is 7940. The summed E-state index contributed by atoms with van der Waals surface area (Å²) in [5.74, 6) is 0.775. The highest BCUT2D eigenvalue weighted by atomic mass is 14.6. The molecule has 282 valence electrons. The Hall–Kier alpha value is -8.84. The van der Waals surface area contributed by atoms with Gasteiger partial charge in [0.2, 0.25) is 0 Å². The lowest BCUT2D eigenvalue weighted by Crippen LogP contribution is -2.17. The lowest BCUT2D eigenvalue weighted by atomic mass is 9.68. The van der Waals surface area contributed by atoms with Crippen LogP contribution in [0.2, 0.25) is 0 Å². The highest BCUT2D eigenvalue weighted by molar-refractivity contribution is 6.83. The van der Waals surface area contributed by atoms with E-state index in [1.807, 2.05) is 0 Å². The van der Waals surface area contributed by atoms with Gasteiger partial charge in [0, 0.05) is 11.8 Å². The van der Waals surface area contributed by atoms with Crippen LogP contribution >= 0.6 is 0 Å². The van der Waals surface area contributed by atoms with Crippen LogP contribution in [0.3, 0.4) is 0 Å². The number of hydrogen-bond acceptors (Lipinski definition) is 0. The van der Waals surface area contributed by atoms with Crippen molar-refractivity contribution in [1.82, 2.24) is 0 Å². The average molecular weight is 843 g/mol. The lowest BCUT2D eigenvalue weighted by molar-refractivity contribution is 0.735. The molecule has 0 aliphatic heterocycles. The Morgan fingerprint density at radius 2 is 0.129 bits per heavy atom. The molecule has 0 heteroatoms. The Labute approximate surface area is 376 Å². The molecule has 4 aliphatic rings. The molecule has 0 unspecified atom stereocenters. The predicted octanol–water partition coefficient (Wildman–Crippen LogP) is 19.9. The van der Waals surface area contributed by atoms with Crippen LogP contribution in [0, 0.1) is 0 Å². The first-order chi connectivity index (χ1) is 35.0. The van der Waals surface area contributed by atoms with Crippen molar-refractivity contribution in [3.05, 3.63) is 22.3 Å². The summed E-state index contributed by atoms with van der Waals surface area (Å²) in [6, 6.07) is 0. The molecule has 0 amide bonds. The van der Waals surface area contributed by atoms with Crippen molar-refractivity contribution in [3.63, 3.8) is 0 Å². The minimum atomic E-state index is 0.385. The zero-order valence-electron chi connectivity index (χ0n) is 35.2. The minimum absolute atomic E-state index is 0.385. The van der Waals surface area contributed by atoms with Gasteiger partial charge >= 0.3 is 0 Å². The van der Waals surface area contributed by atoms with Crippen molar-refractivity contribution in [3.8, 4) is 0 Å². The molecule has 37 rings (SSSR count).